The quantitative estimate of drug-likeness (QED) is 0.295. The Labute approximate surface area is 113 Å². The summed E-state index contributed by atoms with van der Waals surface area (Å²) >= 11 is 3.18. The highest BCUT2D eigenvalue weighted by Crippen LogP contribution is 2.25. The van der Waals surface area contributed by atoms with E-state index in [2.05, 4.69) is 15.4 Å². The average molecular weight is 280 g/mol. The second-order valence-corrected chi connectivity index (χ2v) is 5.68. The first-order valence-corrected chi connectivity index (χ1v) is 7.03. The molecule has 0 fully saturated rings. The summed E-state index contributed by atoms with van der Waals surface area (Å²) in [4.78, 5) is 0. The highest BCUT2D eigenvalue weighted by Gasteiger charge is 2.05. The van der Waals surface area contributed by atoms with E-state index < -0.39 is 0 Å². The Hall–Kier alpha value is -1.60. The molecule has 0 saturated carbocycles. The monoisotopic (exact) mass is 280 g/mol. The number of hydrogen-bond acceptors (Lipinski definition) is 6. The number of amidine groups is 1. The van der Waals surface area contributed by atoms with Crippen LogP contribution in [-0.4, -0.2) is 21.2 Å². The van der Waals surface area contributed by atoms with E-state index in [4.69, 9.17) is 10.9 Å². The summed E-state index contributed by atoms with van der Waals surface area (Å²) in [6.07, 6.45) is 0. The van der Waals surface area contributed by atoms with E-state index in [-0.39, 0.29) is 5.84 Å². The Morgan fingerprint density at radius 1 is 1.56 bits per heavy atom. The van der Waals surface area contributed by atoms with Crippen LogP contribution >= 0.6 is 23.1 Å². The largest absolute Gasteiger partial charge is 0.409 e. The number of aryl methyl sites for hydroxylation is 1. The summed E-state index contributed by atoms with van der Waals surface area (Å²) in [6.45, 7) is 2.00. The van der Waals surface area contributed by atoms with Gasteiger partial charge in [0.2, 0.25) is 0 Å². The number of nitrogens with zero attached hydrogens (tertiary/aromatic N) is 3. The van der Waals surface area contributed by atoms with Crippen molar-refractivity contribution in [3.8, 4) is 0 Å². The minimum atomic E-state index is 0.126. The zero-order valence-electron chi connectivity index (χ0n) is 9.70. The van der Waals surface area contributed by atoms with Crippen LogP contribution in [0.1, 0.15) is 16.7 Å². The van der Waals surface area contributed by atoms with Crippen molar-refractivity contribution in [2.45, 2.75) is 17.0 Å². The highest BCUT2D eigenvalue weighted by atomic mass is 32.2. The van der Waals surface area contributed by atoms with Gasteiger partial charge in [-0.2, -0.15) is 0 Å². The van der Waals surface area contributed by atoms with Crippen LogP contribution in [0.15, 0.2) is 33.2 Å². The fourth-order valence-corrected chi connectivity index (χ4v) is 3.00. The van der Waals surface area contributed by atoms with Crippen LogP contribution in [0.3, 0.4) is 0 Å². The van der Waals surface area contributed by atoms with Crippen LogP contribution in [0.5, 0.6) is 0 Å². The number of aromatic nitrogens is 2. The third-order valence-corrected chi connectivity index (χ3v) is 4.35. The predicted molar refractivity (Wildman–Crippen MR) is 73.2 cm³/mol. The third-order valence-electron chi connectivity index (χ3n) is 2.44. The second kappa shape index (κ2) is 5.83. The summed E-state index contributed by atoms with van der Waals surface area (Å²) in [5.41, 5.74) is 10.3. The SMILES string of the molecule is Cc1cc(/C(N)=N/O)ccc1CSc1nncs1. The van der Waals surface area contributed by atoms with Crippen LogP contribution in [-0.2, 0) is 5.75 Å². The van der Waals surface area contributed by atoms with Crippen molar-refractivity contribution in [1.82, 2.24) is 10.2 Å². The van der Waals surface area contributed by atoms with Crippen molar-refractivity contribution in [3.05, 3.63) is 40.4 Å². The van der Waals surface area contributed by atoms with E-state index in [1.54, 1.807) is 17.3 Å². The van der Waals surface area contributed by atoms with Gasteiger partial charge in [0.15, 0.2) is 10.2 Å². The molecule has 1 heterocycles. The molecule has 18 heavy (non-hydrogen) atoms. The Balaban J connectivity index is 2.10. The molecule has 3 N–H and O–H groups in total. The second-order valence-electron chi connectivity index (χ2n) is 3.62. The van der Waals surface area contributed by atoms with Crippen molar-refractivity contribution in [2.75, 3.05) is 0 Å². The Morgan fingerprint density at radius 2 is 2.39 bits per heavy atom. The minimum absolute atomic E-state index is 0.126. The summed E-state index contributed by atoms with van der Waals surface area (Å²) in [7, 11) is 0. The topological polar surface area (TPSA) is 84.4 Å². The summed E-state index contributed by atoms with van der Waals surface area (Å²) < 4.78 is 0.954. The van der Waals surface area contributed by atoms with E-state index >= 15 is 0 Å². The first-order chi connectivity index (χ1) is 8.70. The third kappa shape index (κ3) is 2.99. The van der Waals surface area contributed by atoms with Gasteiger partial charge in [-0.3, -0.25) is 0 Å². The molecule has 0 aliphatic rings. The van der Waals surface area contributed by atoms with Gasteiger partial charge in [0.1, 0.15) is 5.51 Å². The lowest BCUT2D eigenvalue weighted by atomic mass is 10.1. The maximum Gasteiger partial charge on any atom is 0.174 e. The molecule has 0 unspecified atom stereocenters. The van der Waals surface area contributed by atoms with Crippen molar-refractivity contribution in [1.29, 1.82) is 0 Å². The average Bonchev–Trinajstić information content (AvgIpc) is 2.89. The fraction of sp³-hybridized carbons (Fsp3) is 0.182. The van der Waals surface area contributed by atoms with Gasteiger partial charge in [0.05, 0.1) is 0 Å². The molecular weight excluding hydrogens is 268 g/mol. The van der Waals surface area contributed by atoms with Crippen LogP contribution in [0.25, 0.3) is 0 Å². The number of nitrogens with two attached hydrogens (primary N) is 1. The van der Waals surface area contributed by atoms with Crippen LogP contribution < -0.4 is 5.73 Å². The number of rotatable bonds is 4. The van der Waals surface area contributed by atoms with Crippen LogP contribution in [0.4, 0.5) is 0 Å². The standard InChI is InChI=1S/C11H12N4OS2/c1-7-4-8(10(12)15-16)2-3-9(7)5-17-11-14-13-6-18-11/h2-4,6,16H,5H2,1H3,(H2,12,15). The molecule has 5 nitrogen and oxygen atoms in total. The molecule has 7 heteroatoms. The Morgan fingerprint density at radius 3 is 3.00 bits per heavy atom. The molecule has 94 valence electrons. The first-order valence-electron chi connectivity index (χ1n) is 5.17. The molecule has 0 amide bonds. The molecule has 2 aromatic rings. The lowest BCUT2D eigenvalue weighted by molar-refractivity contribution is 0.318. The van der Waals surface area contributed by atoms with E-state index in [1.165, 1.54) is 16.9 Å². The molecule has 2 rings (SSSR count). The van der Waals surface area contributed by atoms with Crippen LogP contribution in [0, 0.1) is 6.92 Å². The van der Waals surface area contributed by atoms with Gasteiger partial charge in [-0.15, -0.1) is 10.2 Å². The van der Waals surface area contributed by atoms with Gasteiger partial charge in [-0.25, -0.2) is 0 Å². The zero-order valence-corrected chi connectivity index (χ0v) is 11.3. The smallest absolute Gasteiger partial charge is 0.174 e. The number of oxime groups is 1. The zero-order chi connectivity index (χ0) is 13.0. The molecule has 0 saturated heterocycles. The van der Waals surface area contributed by atoms with Gasteiger partial charge < -0.3 is 10.9 Å². The van der Waals surface area contributed by atoms with E-state index in [0.717, 1.165) is 21.2 Å². The van der Waals surface area contributed by atoms with E-state index in [0.29, 0.717) is 0 Å². The van der Waals surface area contributed by atoms with Crippen molar-refractivity contribution >= 4 is 28.9 Å². The fourth-order valence-electron chi connectivity index (χ4n) is 1.44. The molecule has 0 radical (unpaired) electrons. The normalized spacial score (nSPS) is 11.7. The number of thioether (sulfide) groups is 1. The van der Waals surface area contributed by atoms with Gasteiger partial charge in [-0.05, 0) is 24.1 Å². The summed E-state index contributed by atoms with van der Waals surface area (Å²) in [5, 5.41) is 19.4. The lowest BCUT2D eigenvalue weighted by Gasteiger charge is -2.06. The maximum atomic E-state index is 8.62. The molecular formula is C11H12N4OS2. The van der Waals surface area contributed by atoms with Crippen LogP contribution in [0.2, 0.25) is 0 Å². The predicted octanol–water partition coefficient (Wildman–Crippen LogP) is 2.23. The maximum absolute atomic E-state index is 8.62. The summed E-state index contributed by atoms with van der Waals surface area (Å²) in [5.74, 6) is 0.957. The van der Waals surface area contributed by atoms with Gasteiger partial charge in [-0.1, -0.05) is 40.4 Å². The molecule has 1 aromatic carbocycles. The van der Waals surface area contributed by atoms with Crippen molar-refractivity contribution in [3.63, 3.8) is 0 Å². The van der Waals surface area contributed by atoms with Crippen molar-refractivity contribution < 1.29 is 5.21 Å². The molecule has 0 bridgehead atoms. The molecule has 1 aromatic heterocycles. The minimum Gasteiger partial charge on any atom is -0.409 e. The van der Waals surface area contributed by atoms with Gasteiger partial charge in [0, 0.05) is 11.3 Å². The Kier molecular flexibility index (Phi) is 4.16. The van der Waals surface area contributed by atoms with Gasteiger partial charge >= 0.3 is 0 Å². The number of hydrogen-bond donors (Lipinski definition) is 2. The van der Waals surface area contributed by atoms with E-state index in [1.807, 2.05) is 25.1 Å². The summed E-state index contributed by atoms with van der Waals surface area (Å²) in [6, 6.07) is 5.74. The Bertz CT molecular complexity index is 554. The highest BCUT2D eigenvalue weighted by molar-refractivity contribution is 8.00. The molecule has 0 aliphatic carbocycles. The molecule has 0 spiro atoms. The first kappa shape index (κ1) is 12.8. The van der Waals surface area contributed by atoms with Crippen molar-refractivity contribution in [2.24, 2.45) is 10.9 Å². The lowest BCUT2D eigenvalue weighted by Crippen LogP contribution is -2.13. The molecule has 0 aliphatic heterocycles. The molecule has 0 atom stereocenters. The van der Waals surface area contributed by atoms with E-state index in [9.17, 15) is 0 Å². The number of benzene rings is 1. The van der Waals surface area contributed by atoms with Gasteiger partial charge in [0.25, 0.3) is 0 Å².